The first kappa shape index (κ1) is 11.8. The zero-order valence-corrected chi connectivity index (χ0v) is 10.7. The fourth-order valence-corrected chi connectivity index (χ4v) is 1.66. The molecule has 0 aromatic heterocycles. The molecule has 0 fully saturated rings. The first-order valence-corrected chi connectivity index (χ1v) is 5.88. The number of anilines is 1. The van der Waals surface area contributed by atoms with Crippen molar-refractivity contribution in [3.8, 4) is 0 Å². The normalized spacial score (nSPS) is 10.6. The maximum absolute atomic E-state index is 5.44. The predicted molar refractivity (Wildman–Crippen MR) is 68.7 cm³/mol. The molecule has 3 heteroatoms. The van der Waals surface area contributed by atoms with Crippen LogP contribution in [0.25, 0.3) is 0 Å². The predicted octanol–water partition coefficient (Wildman–Crippen LogP) is 3.13. The van der Waals surface area contributed by atoms with Crippen LogP contribution >= 0.6 is 22.6 Å². The minimum atomic E-state index is 0.312. The molecule has 1 aromatic carbocycles. The number of hydrogen-bond acceptors (Lipinski definition) is 2. The van der Waals surface area contributed by atoms with Crippen LogP contribution in [-0.4, -0.2) is 19.3 Å². The van der Waals surface area contributed by atoms with E-state index in [0.29, 0.717) is 6.10 Å². The van der Waals surface area contributed by atoms with E-state index in [0.717, 1.165) is 13.2 Å². The molecule has 0 atom stereocenters. The highest BCUT2D eigenvalue weighted by molar-refractivity contribution is 14.1. The lowest BCUT2D eigenvalue weighted by atomic mass is 10.3. The van der Waals surface area contributed by atoms with E-state index in [4.69, 9.17) is 4.74 Å². The summed E-state index contributed by atoms with van der Waals surface area (Å²) in [6, 6.07) is 8.24. The molecule has 0 aliphatic rings. The van der Waals surface area contributed by atoms with Crippen molar-refractivity contribution in [3.05, 3.63) is 27.8 Å². The Morgan fingerprint density at radius 2 is 2.07 bits per heavy atom. The maximum Gasteiger partial charge on any atom is 0.0642 e. The molecule has 0 radical (unpaired) electrons. The van der Waals surface area contributed by atoms with Crippen molar-refractivity contribution in [1.82, 2.24) is 0 Å². The van der Waals surface area contributed by atoms with Gasteiger partial charge in [-0.05, 0) is 48.6 Å². The topological polar surface area (TPSA) is 21.3 Å². The van der Waals surface area contributed by atoms with Gasteiger partial charge < -0.3 is 10.1 Å². The van der Waals surface area contributed by atoms with Gasteiger partial charge in [0.15, 0.2) is 0 Å². The third kappa shape index (κ3) is 4.28. The summed E-state index contributed by atoms with van der Waals surface area (Å²) in [5.74, 6) is 0. The SMILES string of the molecule is CC(C)OCCNc1ccccc1I. The second-order valence-corrected chi connectivity index (χ2v) is 4.49. The van der Waals surface area contributed by atoms with Gasteiger partial charge in [-0.3, -0.25) is 0 Å². The fraction of sp³-hybridized carbons (Fsp3) is 0.455. The lowest BCUT2D eigenvalue weighted by Crippen LogP contribution is -2.13. The van der Waals surface area contributed by atoms with E-state index in [-0.39, 0.29) is 0 Å². The van der Waals surface area contributed by atoms with Crippen LogP contribution in [0.15, 0.2) is 24.3 Å². The summed E-state index contributed by atoms with van der Waals surface area (Å²) in [6.07, 6.45) is 0.312. The molecule has 0 aliphatic heterocycles. The summed E-state index contributed by atoms with van der Waals surface area (Å²) >= 11 is 2.32. The van der Waals surface area contributed by atoms with E-state index in [1.165, 1.54) is 9.26 Å². The quantitative estimate of drug-likeness (QED) is 0.666. The van der Waals surface area contributed by atoms with Gasteiger partial charge in [-0.25, -0.2) is 0 Å². The summed E-state index contributed by atoms with van der Waals surface area (Å²) in [7, 11) is 0. The maximum atomic E-state index is 5.44. The molecule has 0 saturated heterocycles. The van der Waals surface area contributed by atoms with Crippen LogP contribution in [0.1, 0.15) is 13.8 Å². The number of hydrogen-bond donors (Lipinski definition) is 1. The molecule has 0 spiro atoms. The van der Waals surface area contributed by atoms with Gasteiger partial charge in [-0.2, -0.15) is 0 Å². The van der Waals surface area contributed by atoms with E-state index < -0.39 is 0 Å². The standard InChI is InChI=1S/C11H16INO/c1-9(2)14-8-7-13-11-6-4-3-5-10(11)12/h3-6,9,13H,7-8H2,1-2H3. The lowest BCUT2D eigenvalue weighted by molar-refractivity contribution is 0.0870. The third-order valence-electron chi connectivity index (χ3n) is 1.74. The van der Waals surface area contributed by atoms with Crippen LogP contribution in [0.3, 0.4) is 0 Å². The van der Waals surface area contributed by atoms with Crippen molar-refractivity contribution in [1.29, 1.82) is 0 Å². The molecule has 0 heterocycles. The van der Waals surface area contributed by atoms with Crippen LogP contribution in [0.5, 0.6) is 0 Å². The highest BCUT2D eigenvalue weighted by atomic mass is 127. The number of para-hydroxylation sites is 1. The van der Waals surface area contributed by atoms with E-state index >= 15 is 0 Å². The van der Waals surface area contributed by atoms with Crippen molar-refractivity contribution in [2.45, 2.75) is 20.0 Å². The van der Waals surface area contributed by atoms with Crippen molar-refractivity contribution in [2.24, 2.45) is 0 Å². The van der Waals surface area contributed by atoms with Gasteiger partial charge in [-0.1, -0.05) is 12.1 Å². The molecule has 0 bridgehead atoms. The minimum Gasteiger partial charge on any atom is -0.382 e. The Labute approximate surface area is 99.2 Å². The van der Waals surface area contributed by atoms with E-state index in [9.17, 15) is 0 Å². The van der Waals surface area contributed by atoms with Gasteiger partial charge in [-0.15, -0.1) is 0 Å². The molecular formula is C11H16INO. The molecule has 1 rings (SSSR count). The summed E-state index contributed by atoms with van der Waals surface area (Å²) in [5.41, 5.74) is 1.18. The number of rotatable bonds is 5. The highest BCUT2D eigenvalue weighted by Gasteiger charge is 1.97. The molecule has 0 amide bonds. The van der Waals surface area contributed by atoms with Crippen LogP contribution in [-0.2, 0) is 4.74 Å². The summed E-state index contributed by atoms with van der Waals surface area (Å²) in [4.78, 5) is 0. The first-order valence-electron chi connectivity index (χ1n) is 4.80. The van der Waals surface area contributed by atoms with E-state index in [2.05, 4.69) is 40.0 Å². The Balaban J connectivity index is 2.28. The van der Waals surface area contributed by atoms with Gasteiger partial charge in [0.05, 0.1) is 12.7 Å². The second kappa shape index (κ2) is 6.24. The number of benzene rings is 1. The Bertz CT molecular complexity index is 276. The molecule has 1 N–H and O–H groups in total. The van der Waals surface area contributed by atoms with E-state index in [1.54, 1.807) is 0 Å². The zero-order chi connectivity index (χ0) is 10.4. The smallest absolute Gasteiger partial charge is 0.0642 e. The largest absolute Gasteiger partial charge is 0.382 e. The molecule has 14 heavy (non-hydrogen) atoms. The summed E-state index contributed by atoms with van der Waals surface area (Å²) < 4.78 is 6.68. The Morgan fingerprint density at radius 3 is 2.71 bits per heavy atom. The van der Waals surface area contributed by atoms with Gasteiger partial charge in [0.1, 0.15) is 0 Å². The molecule has 0 unspecified atom stereocenters. The Morgan fingerprint density at radius 1 is 1.36 bits per heavy atom. The summed E-state index contributed by atoms with van der Waals surface area (Å²) in [5, 5.41) is 3.34. The minimum absolute atomic E-state index is 0.312. The van der Waals surface area contributed by atoms with E-state index in [1.807, 2.05) is 26.0 Å². The van der Waals surface area contributed by atoms with Gasteiger partial charge in [0.2, 0.25) is 0 Å². The average Bonchev–Trinajstić information content (AvgIpc) is 2.15. The van der Waals surface area contributed by atoms with Crippen molar-refractivity contribution >= 4 is 28.3 Å². The molecular weight excluding hydrogens is 289 g/mol. The van der Waals surface area contributed by atoms with Crippen LogP contribution < -0.4 is 5.32 Å². The van der Waals surface area contributed by atoms with Crippen molar-refractivity contribution in [2.75, 3.05) is 18.5 Å². The fourth-order valence-electron chi connectivity index (χ4n) is 1.08. The number of nitrogens with one attached hydrogen (secondary N) is 1. The second-order valence-electron chi connectivity index (χ2n) is 3.33. The van der Waals surface area contributed by atoms with Gasteiger partial charge in [0, 0.05) is 15.8 Å². The lowest BCUT2D eigenvalue weighted by Gasteiger charge is -2.10. The molecule has 1 aromatic rings. The first-order chi connectivity index (χ1) is 6.70. The molecule has 0 aliphatic carbocycles. The Hall–Kier alpha value is -0.290. The van der Waals surface area contributed by atoms with Gasteiger partial charge in [0.25, 0.3) is 0 Å². The molecule has 0 saturated carbocycles. The zero-order valence-electron chi connectivity index (χ0n) is 8.59. The molecule has 78 valence electrons. The van der Waals surface area contributed by atoms with Gasteiger partial charge >= 0.3 is 0 Å². The monoisotopic (exact) mass is 305 g/mol. The number of ether oxygens (including phenoxy) is 1. The number of halogens is 1. The molecule has 2 nitrogen and oxygen atoms in total. The van der Waals surface area contributed by atoms with Crippen molar-refractivity contribution < 1.29 is 4.74 Å². The average molecular weight is 305 g/mol. The van der Waals surface area contributed by atoms with Crippen LogP contribution in [0.4, 0.5) is 5.69 Å². The van der Waals surface area contributed by atoms with Crippen LogP contribution in [0, 0.1) is 3.57 Å². The van der Waals surface area contributed by atoms with Crippen LogP contribution in [0.2, 0.25) is 0 Å². The summed E-state index contributed by atoms with van der Waals surface area (Å²) in [6.45, 7) is 5.71. The highest BCUT2D eigenvalue weighted by Crippen LogP contribution is 2.16. The Kier molecular flexibility index (Phi) is 5.25. The van der Waals surface area contributed by atoms with Crippen molar-refractivity contribution in [3.63, 3.8) is 0 Å². The third-order valence-corrected chi connectivity index (χ3v) is 2.68.